The molecule has 54 valence electrons. The van der Waals surface area contributed by atoms with Gasteiger partial charge in [0, 0.05) is 18.3 Å². The average Bonchev–Trinajstić information content (AvgIpc) is 2.03. The van der Waals surface area contributed by atoms with E-state index < -0.39 is 5.97 Å². The van der Waals surface area contributed by atoms with Crippen molar-refractivity contribution in [2.75, 3.05) is 0 Å². The molecule has 4 heteroatoms. The lowest BCUT2D eigenvalue weighted by Gasteiger charge is -1.82. The van der Waals surface area contributed by atoms with Gasteiger partial charge >= 0.3 is 5.97 Å². The van der Waals surface area contributed by atoms with Gasteiger partial charge in [0.25, 0.3) is 0 Å². The second-order valence-corrected chi connectivity index (χ2v) is 1.68. The van der Waals surface area contributed by atoms with Crippen LogP contribution in [0.5, 0.6) is 0 Å². The lowest BCUT2D eigenvalue weighted by Crippen LogP contribution is -1.87. The molecule has 1 aromatic heterocycles. The van der Waals surface area contributed by atoms with Gasteiger partial charge in [0.1, 0.15) is 6.33 Å². The Kier molecular flexibility index (Phi) is 2.18. The van der Waals surface area contributed by atoms with E-state index in [0.29, 0.717) is 5.56 Å². The van der Waals surface area contributed by atoms with E-state index in [2.05, 4.69) is 15.9 Å². The molecule has 0 radical (unpaired) electrons. The van der Waals surface area contributed by atoms with Crippen molar-refractivity contribution in [1.29, 1.82) is 0 Å². The van der Waals surface area contributed by atoms with E-state index in [9.17, 15) is 4.79 Å². The molecule has 1 rings (SSSR count). The first-order valence-corrected chi connectivity index (χ1v) is 2.79. The highest BCUT2D eigenvalue weighted by Crippen LogP contribution is 1.87. The third-order valence-corrected chi connectivity index (χ3v) is 0.874. The summed E-state index contributed by atoms with van der Waals surface area (Å²) < 4.78 is 0. The van der Waals surface area contributed by atoms with E-state index in [4.69, 9.17) is 5.11 Å². The van der Waals surface area contributed by atoms with Crippen molar-refractivity contribution >= 4 is 5.97 Å². The molecular weight excluding hydrogens is 144 g/mol. The lowest BCUT2D eigenvalue weighted by atomic mass is 10.3. The minimum atomic E-state index is -1.16. The summed E-state index contributed by atoms with van der Waals surface area (Å²) in [7, 11) is 0. The quantitative estimate of drug-likeness (QED) is 0.522. The van der Waals surface area contributed by atoms with Gasteiger partial charge < -0.3 is 5.11 Å². The van der Waals surface area contributed by atoms with Crippen molar-refractivity contribution in [2.45, 2.75) is 0 Å². The van der Waals surface area contributed by atoms with E-state index in [-0.39, 0.29) is 0 Å². The Morgan fingerprint density at radius 1 is 1.45 bits per heavy atom. The molecule has 0 saturated carbocycles. The largest absolute Gasteiger partial charge is 0.472 e. The molecule has 0 atom stereocenters. The summed E-state index contributed by atoms with van der Waals surface area (Å²) in [6, 6.07) is 0. The first-order chi connectivity index (χ1) is 5.29. The molecule has 1 aromatic rings. The van der Waals surface area contributed by atoms with Crippen LogP contribution in [0.2, 0.25) is 0 Å². The molecule has 0 aliphatic heterocycles. The van der Waals surface area contributed by atoms with Crippen LogP contribution in [-0.4, -0.2) is 21.0 Å². The molecule has 0 aliphatic rings. The number of aliphatic carboxylic acids is 1. The number of aromatic nitrogens is 2. The average molecular weight is 148 g/mol. The predicted octanol–water partition coefficient (Wildman–Crippen LogP) is -0.0873. The van der Waals surface area contributed by atoms with Gasteiger partial charge in [0.2, 0.25) is 0 Å². The minimum absolute atomic E-state index is 0.495. The molecule has 1 heterocycles. The summed E-state index contributed by atoms with van der Waals surface area (Å²) >= 11 is 0. The first kappa shape index (κ1) is 7.22. The molecule has 0 saturated heterocycles. The molecule has 11 heavy (non-hydrogen) atoms. The standard InChI is InChI=1S/C7H4N2O2/c10-7(11)2-1-6-3-8-5-9-4-6/h3-5H,(H,10,11). The van der Waals surface area contributed by atoms with E-state index >= 15 is 0 Å². The zero-order valence-corrected chi connectivity index (χ0v) is 5.48. The van der Waals surface area contributed by atoms with Crippen LogP contribution >= 0.6 is 0 Å². The van der Waals surface area contributed by atoms with E-state index in [1.807, 2.05) is 5.92 Å². The summed E-state index contributed by atoms with van der Waals surface area (Å²) in [5, 5.41) is 8.16. The fraction of sp³-hybridized carbons (Fsp3) is 0. The fourth-order valence-corrected chi connectivity index (χ4v) is 0.489. The van der Waals surface area contributed by atoms with Crippen molar-refractivity contribution in [2.24, 2.45) is 0 Å². The van der Waals surface area contributed by atoms with Crippen LogP contribution in [0.25, 0.3) is 0 Å². The van der Waals surface area contributed by atoms with Gasteiger partial charge in [-0.15, -0.1) is 0 Å². The SMILES string of the molecule is O=C(O)C#Cc1cncnc1. The van der Waals surface area contributed by atoms with Crippen LogP contribution in [0.3, 0.4) is 0 Å². The Morgan fingerprint density at radius 3 is 2.64 bits per heavy atom. The van der Waals surface area contributed by atoms with E-state index in [1.54, 1.807) is 0 Å². The molecule has 0 spiro atoms. The smallest absolute Gasteiger partial charge is 0.382 e. The maximum absolute atomic E-state index is 9.96. The Balaban J connectivity index is 2.83. The normalized spacial score (nSPS) is 8.00. The fourth-order valence-electron chi connectivity index (χ4n) is 0.489. The third-order valence-electron chi connectivity index (χ3n) is 0.874. The molecule has 0 amide bonds. The molecule has 0 unspecified atom stereocenters. The first-order valence-electron chi connectivity index (χ1n) is 2.79. The molecule has 1 N–H and O–H groups in total. The van der Waals surface area contributed by atoms with Crippen LogP contribution in [0, 0.1) is 11.8 Å². The maximum Gasteiger partial charge on any atom is 0.382 e. The lowest BCUT2D eigenvalue weighted by molar-refractivity contribution is -0.130. The second kappa shape index (κ2) is 3.32. The summed E-state index contributed by atoms with van der Waals surface area (Å²) in [6.45, 7) is 0. The van der Waals surface area contributed by atoms with Crippen LogP contribution in [0.1, 0.15) is 5.56 Å². The Hall–Kier alpha value is -1.89. The summed E-state index contributed by atoms with van der Waals surface area (Å²) in [5.74, 6) is 3.16. The second-order valence-electron chi connectivity index (χ2n) is 1.68. The van der Waals surface area contributed by atoms with Crippen LogP contribution in [0.15, 0.2) is 18.7 Å². The molecule has 0 aliphatic carbocycles. The summed E-state index contributed by atoms with van der Waals surface area (Å²) in [5.41, 5.74) is 0.495. The third kappa shape index (κ3) is 2.45. The number of carboxylic acids is 1. The minimum Gasteiger partial charge on any atom is -0.472 e. The van der Waals surface area contributed by atoms with Crippen molar-refractivity contribution in [1.82, 2.24) is 9.97 Å². The number of carbonyl (C=O) groups is 1. The van der Waals surface area contributed by atoms with Gasteiger partial charge in [-0.1, -0.05) is 5.92 Å². The van der Waals surface area contributed by atoms with Crippen LogP contribution in [0.4, 0.5) is 0 Å². The van der Waals surface area contributed by atoms with Gasteiger partial charge in [-0.3, -0.25) is 0 Å². The Labute approximate surface area is 62.9 Å². The monoisotopic (exact) mass is 148 g/mol. The number of nitrogens with zero attached hydrogens (tertiary/aromatic N) is 2. The van der Waals surface area contributed by atoms with Crippen molar-refractivity contribution in [3.05, 3.63) is 24.3 Å². The Bertz CT molecular complexity index is 310. The summed E-state index contributed by atoms with van der Waals surface area (Å²) in [6.07, 6.45) is 4.25. The number of carboxylic acid groups (broad SMARTS) is 1. The van der Waals surface area contributed by atoms with Gasteiger partial charge in [0.15, 0.2) is 0 Å². The predicted molar refractivity (Wildman–Crippen MR) is 36.5 cm³/mol. The molecule has 0 fully saturated rings. The van der Waals surface area contributed by atoms with Gasteiger partial charge in [-0.05, 0) is 0 Å². The van der Waals surface area contributed by atoms with Crippen LogP contribution < -0.4 is 0 Å². The highest BCUT2D eigenvalue weighted by atomic mass is 16.4. The molecule has 0 aromatic carbocycles. The highest BCUT2D eigenvalue weighted by molar-refractivity contribution is 5.87. The van der Waals surface area contributed by atoms with Gasteiger partial charge in [0.05, 0.1) is 5.56 Å². The zero-order chi connectivity index (χ0) is 8.10. The highest BCUT2D eigenvalue weighted by Gasteiger charge is 1.85. The Morgan fingerprint density at radius 2 is 2.09 bits per heavy atom. The van der Waals surface area contributed by atoms with Gasteiger partial charge in [-0.2, -0.15) is 0 Å². The number of rotatable bonds is 0. The van der Waals surface area contributed by atoms with Crippen LogP contribution in [-0.2, 0) is 4.79 Å². The van der Waals surface area contributed by atoms with E-state index in [0.717, 1.165) is 0 Å². The van der Waals surface area contributed by atoms with Crippen molar-refractivity contribution in [3.63, 3.8) is 0 Å². The van der Waals surface area contributed by atoms with E-state index in [1.165, 1.54) is 18.7 Å². The maximum atomic E-state index is 9.96. The molecule has 0 bridgehead atoms. The van der Waals surface area contributed by atoms with Crippen molar-refractivity contribution < 1.29 is 9.90 Å². The van der Waals surface area contributed by atoms with Crippen molar-refractivity contribution in [3.8, 4) is 11.8 Å². The topological polar surface area (TPSA) is 63.1 Å². The summed E-state index contributed by atoms with van der Waals surface area (Å²) in [4.78, 5) is 17.3. The molecule has 4 nitrogen and oxygen atoms in total. The van der Waals surface area contributed by atoms with Gasteiger partial charge in [-0.25, -0.2) is 14.8 Å². The zero-order valence-electron chi connectivity index (χ0n) is 5.48. The molecular formula is C7H4N2O2. The number of hydrogen-bond acceptors (Lipinski definition) is 3. The number of hydrogen-bond donors (Lipinski definition) is 1.